The SMILES string of the molecule is CC(C)(CNS(=O)(=O)c1ccc2c(c1)CCC2)[NH+]1CCOCC1. The number of ether oxygens (including phenoxy) is 1. The van der Waals surface area contributed by atoms with Gasteiger partial charge in [0.25, 0.3) is 0 Å². The van der Waals surface area contributed by atoms with Gasteiger partial charge in [-0.2, -0.15) is 0 Å². The molecule has 1 aromatic rings. The smallest absolute Gasteiger partial charge is 0.240 e. The lowest BCUT2D eigenvalue weighted by Gasteiger charge is -2.37. The molecule has 1 saturated heterocycles. The highest BCUT2D eigenvalue weighted by atomic mass is 32.2. The van der Waals surface area contributed by atoms with Crippen molar-refractivity contribution in [3.05, 3.63) is 29.3 Å². The van der Waals surface area contributed by atoms with E-state index in [2.05, 4.69) is 18.6 Å². The molecule has 3 rings (SSSR count). The number of rotatable bonds is 5. The van der Waals surface area contributed by atoms with Crippen LogP contribution in [0.5, 0.6) is 0 Å². The first-order valence-corrected chi connectivity index (χ1v) is 9.91. The van der Waals surface area contributed by atoms with Gasteiger partial charge in [-0.3, -0.25) is 0 Å². The van der Waals surface area contributed by atoms with Crippen LogP contribution in [0.2, 0.25) is 0 Å². The zero-order valence-electron chi connectivity index (χ0n) is 14.0. The number of nitrogens with one attached hydrogen (secondary N) is 2. The highest BCUT2D eigenvalue weighted by Gasteiger charge is 2.33. The molecule has 0 bridgehead atoms. The number of aryl methyl sites for hydroxylation is 2. The Morgan fingerprint density at radius 2 is 1.87 bits per heavy atom. The second kappa shape index (κ2) is 6.51. The zero-order chi connectivity index (χ0) is 16.5. The normalized spacial score (nSPS) is 19.7. The van der Waals surface area contributed by atoms with Gasteiger partial charge in [0, 0.05) is 0 Å². The summed E-state index contributed by atoms with van der Waals surface area (Å²) in [5.41, 5.74) is 2.33. The Balaban J connectivity index is 1.68. The quantitative estimate of drug-likeness (QED) is 0.803. The fourth-order valence-electron chi connectivity index (χ4n) is 3.49. The number of sulfonamides is 1. The van der Waals surface area contributed by atoms with Crippen LogP contribution in [-0.2, 0) is 27.6 Å². The van der Waals surface area contributed by atoms with E-state index >= 15 is 0 Å². The molecule has 0 unspecified atom stereocenters. The molecular formula is C17H27N2O3S+. The van der Waals surface area contributed by atoms with Crippen molar-refractivity contribution in [3.8, 4) is 0 Å². The van der Waals surface area contributed by atoms with E-state index in [-0.39, 0.29) is 5.54 Å². The summed E-state index contributed by atoms with van der Waals surface area (Å²) in [6.07, 6.45) is 3.18. The van der Waals surface area contributed by atoms with Crippen molar-refractivity contribution in [3.63, 3.8) is 0 Å². The summed E-state index contributed by atoms with van der Waals surface area (Å²) in [5.74, 6) is 0. The predicted molar refractivity (Wildman–Crippen MR) is 89.3 cm³/mol. The van der Waals surface area contributed by atoms with Crippen molar-refractivity contribution >= 4 is 10.0 Å². The van der Waals surface area contributed by atoms with E-state index in [4.69, 9.17) is 4.74 Å². The molecule has 0 spiro atoms. The second-order valence-corrected chi connectivity index (χ2v) is 8.98. The number of benzene rings is 1. The molecule has 0 amide bonds. The molecule has 2 N–H and O–H groups in total. The minimum atomic E-state index is -3.45. The number of quaternary nitrogens is 1. The van der Waals surface area contributed by atoms with Crippen LogP contribution in [0.25, 0.3) is 0 Å². The summed E-state index contributed by atoms with van der Waals surface area (Å²) in [5, 5.41) is 0. The Labute approximate surface area is 139 Å². The van der Waals surface area contributed by atoms with Gasteiger partial charge in [0.2, 0.25) is 10.0 Å². The highest BCUT2D eigenvalue weighted by molar-refractivity contribution is 7.89. The molecule has 1 fully saturated rings. The van der Waals surface area contributed by atoms with E-state index in [1.807, 2.05) is 12.1 Å². The zero-order valence-corrected chi connectivity index (χ0v) is 14.8. The molecule has 6 heteroatoms. The first-order chi connectivity index (χ1) is 10.9. The number of hydrogen-bond donors (Lipinski definition) is 2. The molecule has 1 heterocycles. The van der Waals surface area contributed by atoms with Crippen LogP contribution in [0.3, 0.4) is 0 Å². The minimum Gasteiger partial charge on any atom is -0.370 e. The van der Waals surface area contributed by atoms with E-state index < -0.39 is 10.0 Å². The van der Waals surface area contributed by atoms with Gasteiger partial charge >= 0.3 is 0 Å². The fourth-order valence-corrected chi connectivity index (χ4v) is 4.76. The Morgan fingerprint density at radius 3 is 2.61 bits per heavy atom. The van der Waals surface area contributed by atoms with E-state index in [1.165, 1.54) is 16.0 Å². The van der Waals surface area contributed by atoms with Gasteiger partial charge in [0.1, 0.15) is 18.6 Å². The molecule has 2 aliphatic rings. The lowest BCUT2D eigenvalue weighted by molar-refractivity contribution is -0.954. The molecule has 0 saturated carbocycles. The standard InChI is InChI=1S/C17H26N2O3S/c1-17(2,19-8-10-22-11-9-19)13-18-23(20,21)16-7-6-14-4-3-5-15(14)12-16/h6-7,12,18H,3-5,8-11,13H2,1-2H3/p+1. The van der Waals surface area contributed by atoms with Crippen molar-refractivity contribution in [1.29, 1.82) is 0 Å². The van der Waals surface area contributed by atoms with Crippen LogP contribution in [0.4, 0.5) is 0 Å². The first kappa shape index (κ1) is 16.9. The van der Waals surface area contributed by atoms with Crippen LogP contribution >= 0.6 is 0 Å². The van der Waals surface area contributed by atoms with Crippen LogP contribution in [0, 0.1) is 0 Å². The average molecular weight is 339 g/mol. The maximum Gasteiger partial charge on any atom is 0.240 e. The summed E-state index contributed by atoms with van der Waals surface area (Å²) in [4.78, 5) is 1.78. The lowest BCUT2D eigenvalue weighted by atomic mass is 10.0. The number of morpholine rings is 1. The summed E-state index contributed by atoms with van der Waals surface area (Å²) < 4.78 is 33.4. The maximum absolute atomic E-state index is 12.6. The second-order valence-electron chi connectivity index (χ2n) is 7.21. The van der Waals surface area contributed by atoms with Gasteiger partial charge in [-0.05, 0) is 56.4 Å². The Kier molecular flexibility index (Phi) is 4.78. The fraction of sp³-hybridized carbons (Fsp3) is 0.647. The molecule has 0 radical (unpaired) electrons. The lowest BCUT2D eigenvalue weighted by Crippen LogP contribution is -3.22. The van der Waals surface area contributed by atoms with Gasteiger partial charge in [0.15, 0.2) is 0 Å². The molecule has 23 heavy (non-hydrogen) atoms. The van der Waals surface area contributed by atoms with Gasteiger partial charge in [-0.15, -0.1) is 0 Å². The molecule has 128 valence electrons. The molecular weight excluding hydrogens is 312 g/mol. The van der Waals surface area contributed by atoms with Gasteiger partial charge < -0.3 is 9.64 Å². The van der Waals surface area contributed by atoms with Crippen LogP contribution in [-0.4, -0.2) is 46.8 Å². The number of hydrogen-bond acceptors (Lipinski definition) is 3. The largest absolute Gasteiger partial charge is 0.370 e. The summed E-state index contributed by atoms with van der Waals surface area (Å²) in [6.45, 7) is 7.99. The first-order valence-electron chi connectivity index (χ1n) is 8.43. The van der Waals surface area contributed by atoms with Gasteiger partial charge in [-0.1, -0.05) is 6.07 Å². The maximum atomic E-state index is 12.6. The van der Waals surface area contributed by atoms with Crippen molar-refractivity contribution in [2.24, 2.45) is 0 Å². The Hall–Kier alpha value is -0.950. The monoisotopic (exact) mass is 339 g/mol. The third kappa shape index (κ3) is 3.76. The summed E-state index contributed by atoms with van der Waals surface area (Å²) in [7, 11) is -3.45. The summed E-state index contributed by atoms with van der Waals surface area (Å²) in [6, 6.07) is 5.55. The van der Waals surface area contributed by atoms with E-state index in [1.54, 1.807) is 6.07 Å². The summed E-state index contributed by atoms with van der Waals surface area (Å²) >= 11 is 0. The molecule has 1 aliphatic heterocycles. The van der Waals surface area contributed by atoms with Crippen LogP contribution in [0.1, 0.15) is 31.4 Å². The predicted octanol–water partition coefficient (Wildman–Crippen LogP) is 0.147. The molecule has 0 atom stereocenters. The van der Waals surface area contributed by atoms with Crippen molar-refractivity contribution in [2.45, 2.75) is 43.5 Å². The van der Waals surface area contributed by atoms with Crippen molar-refractivity contribution in [1.82, 2.24) is 4.72 Å². The molecule has 1 aliphatic carbocycles. The highest BCUT2D eigenvalue weighted by Crippen LogP contribution is 2.24. The van der Waals surface area contributed by atoms with Crippen LogP contribution in [0.15, 0.2) is 23.1 Å². The molecule has 5 nitrogen and oxygen atoms in total. The Bertz CT molecular complexity index is 664. The Morgan fingerprint density at radius 1 is 1.17 bits per heavy atom. The van der Waals surface area contributed by atoms with Crippen LogP contribution < -0.4 is 9.62 Å². The average Bonchev–Trinajstić information content (AvgIpc) is 3.02. The number of fused-ring (bicyclic) bond motifs is 1. The van der Waals surface area contributed by atoms with E-state index in [0.717, 1.165) is 45.6 Å². The van der Waals surface area contributed by atoms with Crippen molar-refractivity contribution < 1.29 is 18.1 Å². The minimum absolute atomic E-state index is 0.145. The van der Waals surface area contributed by atoms with Gasteiger partial charge in [0.05, 0.1) is 24.7 Å². The van der Waals surface area contributed by atoms with Gasteiger partial charge in [-0.25, -0.2) is 13.1 Å². The topological polar surface area (TPSA) is 59.8 Å². The third-order valence-corrected chi connectivity index (χ3v) is 6.54. The molecule has 1 aromatic carbocycles. The van der Waals surface area contributed by atoms with E-state index in [0.29, 0.717) is 11.4 Å². The van der Waals surface area contributed by atoms with Crippen molar-refractivity contribution in [2.75, 3.05) is 32.8 Å². The van der Waals surface area contributed by atoms with E-state index in [9.17, 15) is 8.42 Å². The molecule has 0 aromatic heterocycles. The third-order valence-electron chi connectivity index (χ3n) is 5.14.